The van der Waals surface area contributed by atoms with E-state index in [-0.39, 0.29) is 11.3 Å². The number of fused-ring (bicyclic) bond motifs is 5. The minimum Gasteiger partial charge on any atom is -0.508 e. The van der Waals surface area contributed by atoms with E-state index in [0.29, 0.717) is 61.2 Å². The van der Waals surface area contributed by atoms with Crippen molar-refractivity contribution in [3.05, 3.63) is 28.8 Å². The number of amides is 1. The number of aromatic hydroxyl groups is 1. The first-order valence-electron chi connectivity index (χ1n) is 13.0. The van der Waals surface area contributed by atoms with Crippen LogP contribution >= 0.6 is 0 Å². The number of Topliss-reactive ketones (excluding diaryl/α,β-unsaturated/α-hetero) is 1. The third-order valence-corrected chi connectivity index (χ3v) is 8.89. The van der Waals surface area contributed by atoms with Crippen LogP contribution in [0, 0.1) is 23.2 Å². The van der Waals surface area contributed by atoms with Crippen LogP contribution in [0.5, 0.6) is 5.75 Å². The van der Waals surface area contributed by atoms with E-state index in [0.717, 1.165) is 56.9 Å². The number of hydrogen-bond acceptors (Lipinski definition) is 4. The van der Waals surface area contributed by atoms with Gasteiger partial charge in [-0.2, -0.15) is 0 Å². The van der Waals surface area contributed by atoms with Crippen LogP contribution in [0.15, 0.2) is 12.1 Å². The van der Waals surface area contributed by atoms with Gasteiger partial charge in [0.1, 0.15) is 11.5 Å². The quantitative estimate of drug-likeness (QED) is 0.518. The Morgan fingerprint density at radius 3 is 2.88 bits per heavy atom. The molecule has 1 aromatic carbocycles. The van der Waals surface area contributed by atoms with Gasteiger partial charge in [-0.15, -0.1) is 0 Å². The lowest BCUT2D eigenvalue weighted by atomic mass is 9.54. The smallest absolute Gasteiger partial charge is 0.220 e. The number of ether oxygens (including phenoxy) is 1. The number of aryl methyl sites for hydroxylation is 2. The molecule has 0 aromatic heterocycles. The molecule has 2 saturated carbocycles. The number of phenols is 1. The summed E-state index contributed by atoms with van der Waals surface area (Å²) < 4.78 is 5.00. The average molecular weight is 456 g/mol. The van der Waals surface area contributed by atoms with Crippen molar-refractivity contribution in [1.29, 1.82) is 0 Å². The van der Waals surface area contributed by atoms with Crippen LogP contribution in [0.4, 0.5) is 0 Å². The van der Waals surface area contributed by atoms with Crippen LogP contribution in [-0.4, -0.2) is 37.1 Å². The monoisotopic (exact) mass is 455 g/mol. The highest BCUT2D eigenvalue weighted by molar-refractivity contribution is 5.87. The summed E-state index contributed by atoms with van der Waals surface area (Å²) in [7, 11) is 1.63. The molecule has 5 nitrogen and oxygen atoms in total. The van der Waals surface area contributed by atoms with Crippen LogP contribution in [0.25, 0.3) is 0 Å². The molecule has 4 rings (SSSR count). The number of hydrogen-bond donors (Lipinski definition) is 2. The van der Waals surface area contributed by atoms with Crippen molar-refractivity contribution in [1.82, 2.24) is 5.32 Å². The number of methoxy groups -OCH3 is 1. The van der Waals surface area contributed by atoms with Gasteiger partial charge in [0.2, 0.25) is 5.91 Å². The summed E-state index contributed by atoms with van der Waals surface area (Å²) >= 11 is 0. The van der Waals surface area contributed by atoms with E-state index in [1.165, 1.54) is 11.1 Å². The van der Waals surface area contributed by atoms with E-state index in [9.17, 15) is 14.7 Å². The molecule has 3 aliphatic rings. The lowest BCUT2D eigenvalue weighted by Gasteiger charge is -2.50. The van der Waals surface area contributed by atoms with E-state index in [1.54, 1.807) is 7.11 Å². The number of phenolic OH excluding ortho intramolecular Hbond substituents is 1. The molecule has 4 unspecified atom stereocenters. The molecule has 0 bridgehead atoms. The largest absolute Gasteiger partial charge is 0.508 e. The number of benzene rings is 1. The molecule has 0 aliphatic heterocycles. The van der Waals surface area contributed by atoms with Gasteiger partial charge in [-0.05, 0) is 91.4 Å². The Morgan fingerprint density at radius 2 is 2.12 bits per heavy atom. The molecule has 0 spiro atoms. The fraction of sp³-hybridized carbons (Fsp3) is 0.714. The number of carbonyl (C=O) groups is 2. The second kappa shape index (κ2) is 10.2. The molecule has 0 heterocycles. The predicted octanol–water partition coefficient (Wildman–Crippen LogP) is 4.93. The maximum absolute atomic E-state index is 13.2. The van der Waals surface area contributed by atoms with Crippen LogP contribution < -0.4 is 5.32 Å². The minimum atomic E-state index is -0.201. The van der Waals surface area contributed by atoms with Gasteiger partial charge >= 0.3 is 0 Å². The fourth-order valence-corrected chi connectivity index (χ4v) is 7.36. The Bertz CT molecular complexity index is 881. The molecule has 1 amide bonds. The molecule has 2 N–H and O–H groups in total. The molecule has 3 aliphatic carbocycles. The highest BCUT2D eigenvalue weighted by atomic mass is 16.5. The molecular formula is C28H41NO4. The van der Waals surface area contributed by atoms with Gasteiger partial charge in [0, 0.05) is 31.9 Å². The van der Waals surface area contributed by atoms with Crippen molar-refractivity contribution in [2.75, 3.05) is 20.3 Å². The SMILES string of the molecule is CCCc1cc2c(cc1O)CCC1C2CC[C@]2(C)C(=O)CC(CCCC(=O)NCCOC)C12. The van der Waals surface area contributed by atoms with Crippen molar-refractivity contribution in [3.63, 3.8) is 0 Å². The van der Waals surface area contributed by atoms with Crippen molar-refractivity contribution in [2.24, 2.45) is 23.2 Å². The minimum absolute atomic E-state index is 0.0792. The summed E-state index contributed by atoms with van der Waals surface area (Å²) in [5.74, 6) is 2.80. The van der Waals surface area contributed by atoms with Crippen LogP contribution in [0.3, 0.4) is 0 Å². The normalized spacial score (nSPS) is 30.5. The summed E-state index contributed by atoms with van der Waals surface area (Å²) in [5, 5.41) is 13.4. The zero-order valence-corrected chi connectivity index (χ0v) is 20.6. The molecule has 0 radical (unpaired) electrons. The summed E-state index contributed by atoms with van der Waals surface area (Å²) in [6.07, 6.45) is 9.06. The van der Waals surface area contributed by atoms with Crippen molar-refractivity contribution >= 4 is 11.7 Å². The van der Waals surface area contributed by atoms with Crippen LogP contribution in [-0.2, 0) is 27.2 Å². The summed E-state index contributed by atoms with van der Waals surface area (Å²) in [6, 6.07) is 4.30. The van der Waals surface area contributed by atoms with E-state index in [1.807, 2.05) is 6.07 Å². The van der Waals surface area contributed by atoms with Crippen LogP contribution in [0.2, 0.25) is 0 Å². The Labute approximate surface area is 198 Å². The second-order valence-corrected chi connectivity index (χ2v) is 10.8. The first-order chi connectivity index (χ1) is 15.9. The van der Waals surface area contributed by atoms with Gasteiger partial charge in [-0.3, -0.25) is 9.59 Å². The van der Waals surface area contributed by atoms with Gasteiger partial charge in [0.05, 0.1) is 6.61 Å². The summed E-state index contributed by atoms with van der Waals surface area (Å²) in [5.41, 5.74) is 3.62. The number of ketones is 1. The standard InChI is InChI=1S/C28H41NO4/c1-4-6-19-15-23-18(16-24(19)30)9-10-22-21(23)11-12-28(2)25(31)17-20(27(22)28)7-5-8-26(32)29-13-14-33-3/h15-16,20-22,27,30H,4-14,17H2,1-3H3,(H,29,32)/t20?,21?,22?,27?,28-/m1/s1. The number of nitrogens with one attached hydrogen (secondary N) is 1. The topological polar surface area (TPSA) is 75.6 Å². The molecule has 2 fully saturated rings. The van der Waals surface area contributed by atoms with E-state index >= 15 is 0 Å². The van der Waals surface area contributed by atoms with Crippen molar-refractivity contribution < 1.29 is 19.4 Å². The maximum atomic E-state index is 13.2. The molecule has 33 heavy (non-hydrogen) atoms. The molecule has 5 atom stereocenters. The molecular weight excluding hydrogens is 414 g/mol. The Hall–Kier alpha value is -1.88. The average Bonchev–Trinajstić information content (AvgIpc) is 3.04. The Balaban J connectivity index is 1.49. The predicted molar refractivity (Wildman–Crippen MR) is 129 cm³/mol. The highest BCUT2D eigenvalue weighted by Gasteiger charge is 2.58. The zero-order chi connectivity index (χ0) is 23.6. The number of rotatable bonds is 9. The van der Waals surface area contributed by atoms with Gasteiger partial charge in [-0.25, -0.2) is 0 Å². The Morgan fingerprint density at radius 1 is 1.30 bits per heavy atom. The third kappa shape index (κ3) is 4.71. The lowest BCUT2D eigenvalue weighted by molar-refractivity contribution is -0.129. The zero-order valence-electron chi connectivity index (χ0n) is 20.6. The second-order valence-electron chi connectivity index (χ2n) is 10.8. The van der Waals surface area contributed by atoms with E-state index in [4.69, 9.17) is 4.74 Å². The maximum Gasteiger partial charge on any atom is 0.220 e. The van der Waals surface area contributed by atoms with Crippen molar-refractivity contribution in [2.45, 2.75) is 84.0 Å². The first-order valence-corrected chi connectivity index (χ1v) is 13.0. The molecule has 5 heteroatoms. The molecule has 182 valence electrons. The summed E-state index contributed by atoms with van der Waals surface area (Å²) in [4.78, 5) is 25.3. The van der Waals surface area contributed by atoms with Gasteiger partial charge in [0.15, 0.2) is 0 Å². The highest BCUT2D eigenvalue weighted by Crippen LogP contribution is 2.62. The van der Waals surface area contributed by atoms with Crippen molar-refractivity contribution in [3.8, 4) is 5.75 Å². The Kier molecular flexibility index (Phi) is 7.47. The van der Waals surface area contributed by atoms with E-state index in [2.05, 4.69) is 25.2 Å². The number of carbonyl (C=O) groups excluding carboxylic acids is 2. The van der Waals surface area contributed by atoms with Gasteiger partial charge < -0.3 is 15.2 Å². The third-order valence-electron chi connectivity index (χ3n) is 8.89. The molecule has 1 aromatic rings. The molecule has 0 saturated heterocycles. The van der Waals surface area contributed by atoms with Gasteiger partial charge in [-0.1, -0.05) is 26.3 Å². The van der Waals surface area contributed by atoms with Crippen LogP contribution in [0.1, 0.15) is 87.8 Å². The van der Waals surface area contributed by atoms with E-state index < -0.39 is 0 Å². The lowest BCUT2D eigenvalue weighted by Crippen LogP contribution is -2.44. The van der Waals surface area contributed by atoms with Gasteiger partial charge in [0.25, 0.3) is 0 Å². The summed E-state index contributed by atoms with van der Waals surface area (Å²) in [6.45, 7) is 5.46. The first kappa shape index (κ1) is 24.3. The fourth-order valence-electron chi connectivity index (χ4n) is 7.36.